The minimum Gasteiger partial charge on any atom is -0.330 e. The lowest BCUT2D eigenvalue weighted by Crippen LogP contribution is -2.33. The Morgan fingerprint density at radius 3 is 2.72 bits per heavy atom. The highest BCUT2D eigenvalue weighted by Gasteiger charge is 2.19. The molecule has 18 heavy (non-hydrogen) atoms. The van der Waals surface area contributed by atoms with E-state index in [1.165, 1.54) is 24.8 Å². The van der Waals surface area contributed by atoms with Gasteiger partial charge in [0.2, 0.25) is 0 Å². The highest BCUT2D eigenvalue weighted by molar-refractivity contribution is 9.10. The van der Waals surface area contributed by atoms with Crippen LogP contribution in [0.1, 0.15) is 24.8 Å². The van der Waals surface area contributed by atoms with Crippen LogP contribution >= 0.6 is 27.5 Å². The molecular formula is C14H20BrClN2. The van der Waals surface area contributed by atoms with E-state index < -0.39 is 0 Å². The first kappa shape index (κ1) is 14.3. The molecule has 1 aromatic rings. The summed E-state index contributed by atoms with van der Waals surface area (Å²) in [5, 5.41) is 0.863. The summed E-state index contributed by atoms with van der Waals surface area (Å²) in [7, 11) is 0. The van der Waals surface area contributed by atoms with Crippen molar-refractivity contribution in [1.29, 1.82) is 0 Å². The Morgan fingerprint density at radius 1 is 1.33 bits per heavy atom. The van der Waals surface area contributed by atoms with Gasteiger partial charge in [0.05, 0.1) is 0 Å². The first-order valence-electron chi connectivity index (χ1n) is 6.55. The summed E-state index contributed by atoms with van der Waals surface area (Å²) in [6.07, 6.45) is 3.71. The average molecular weight is 332 g/mol. The van der Waals surface area contributed by atoms with Crippen LogP contribution in [0.4, 0.5) is 0 Å². The van der Waals surface area contributed by atoms with E-state index in [-0.39, 0.29) is 0 Å². The Labute approximate surface area is 123 Å². The number of likely N-dealkylation sites (tertiary alicyclic amines) is 1. The molecule has 0 saturated carbocycles. The fourth-order valence-corrected chi connectivity index (χ4v) is 3.16. The molecule has 2 nitrogen and oxygen atoms in total. The average Bonchev–Trinajstić information content (AvgIpc) is 2.37. The third-order valence-corrected chi connectivity index (χ3v) is 4.55. The van der Waals surface area contributed by atoms with Gasteiger partial charge in [0, 0.05) is 16.0 Å². The molecule has 0 amide bonds. The monoisotopic (exact) mass is 330 g/mol. The van der Waals surface area contributed by atoms with E-state index in [2.05, 4.69) is 26.9 Å². The van der Waals surface area contributed by atoms with Gasteiger partial charge in [-0.2, -0.15) is 0 Å². The van der Waals surface area contributed by atoms with Crippen LogP contribution in [0.25, 0.3) is 0 Å². The van der Waals surface area contributed by atoms with Crippen molar-refractivity contribution in [2.45, 2.75) is 25.8 Å². The summed E-state index contributed by atoms with van der Waals surface area (Å²) < 4.78 is 1.10. The van der Waals surface area contributed by atoms with Gasteiger partial charge in [-0.3, -0.25) is 4.90 Å². The van der Waals surface area contributed by atoms with Gasteiger partial charge in [-0.15, -0.1) is 0 Å². The molecule has 0 bridgehead atoms. The van der Waals surface area contributed by atoms with Crippen LogP contribution in [0.3, 0.4) is 0 Å². The van der Waals surface area contributed by atoms with Gasteiger partial charge in [0.25, 0.3) is 0 Å². The summed E-state index contributed by atoms with van der Waals surface area (Å²) in [5.41, 5.74) is 6.83. The first-order valence-corrected chi connectivity index (χ1v) is 7.72. The van der Waals surface area contributed by atoms with Gasteiger partial charge in [0.15, 0.2) is 0 Å². The SMILES string of the molecule is NCCC1CCN(Cc2cc(Br)ccc2Cl)CC1. The van der Waals surface area contributed by atoms with Crippen LogP contribution in [0.15, 0.2) is 22.7 Å². The molecule has 100 valence electrons. The lowest BCUT2D eigenvalue weighted by atomic mass is 9.93. The molecule has 0 aromatic heterocycles. The fraction of sp³-hybridized carbons (Fsp3) is 0.571. The van der Waals surface area contributed by atoms with Crippen molar-refractivity contribution in [1.82, 2.24) is 4.90 Å². The molecule has 2 N–H and O–H groups in total. The Morgan fingerprint density at radius 2 is 2.06 bits per heavy atom. The maximum Gasteiger partial charge on any atom is 0.0451 e. The Balaban J connectivity index is 1.89. The van der Waals surface area contributed by atoms with Gasteiger partial charge >= 0.3 is 0 Å². The molecule has 1 saturated heterocycles. The van der Waals surface area contributed by atoms with E-state index in [0.717, 1.165) is 41.6 Å². The lowest BCUT2D eigenvalue weighted by molar-refractivity contribution is 0.173. The molecule has 0 atom stereocenters. The van der Waals surface area contributed by atoms with Crippen molar-refractivity contribution >= 4 is 27.5 Å². The highest BCUT2D eigenvalue weighted by atomic mass is 79.9. The van der Waals surface area contributed by atoms with Crippen LogP contribution in [0.2, 0.25) is 5.02 Å². The molecule has 1 aliphatic rings. The van der Waals surface area contributed by atoms with Crippen molar-refractivity contribution < 1.29 is 0 Å². The smallest absolute Gasteiger partial charge is 0.0451 e. The summed E-state index contributed by atoms with van der Waals surface area (Å²) in [4.78, 5) is 2.49. The second-order valence-corrected chi connectivity index (χ2v) is 6.36. The standard InChI is InChI=1S/C14H20BrClN2/c15-13-1-2-14(16)12(9-13)10-18-7-4-11(3-6-17)5-8-18/h1-2,9,11H,3-8,10,17H2. The van der Waals surface area contributed by atoms with Crippen molar-refractivity contribution in [3.8, 4) is 0 Å². The second kappa shape index (κ2) is 6.90. The van der Waals surface area contributed by atoms with Gasteiger partial charge in [-0.25, -0.2) is 0 Å². The number of piperidine rings is 1. The summed E-state index contributed by atoms with van der Waals surface area (Å²) in [5.74, 6) is 0.823. The normalized spacial score (nSPS) is 18.2. The van der Waals surface area contributed by atoms with Crippen LogP contribution < -0.4 is 5.73 Å². The first-order chi connectivity index (χ1) is 8.69. The van der Waals surface area contributed by atoms with Gasteiger partial charge in [-0.05, 0) is 68.6 Å². The van der Waals surface area contributed by atoms with E-state index >= 15 is 0 Å². The molecule has 0 radical (unpaired) electrons. The molecule has 2 rings (SSSR count). The molecule has 0 aliphatic carbocycles. The fourth-order valence-electron chi connectivity index (χ4n) is 2.57. The zero-order valence-corrected chi connectivity index (χ0v) is 12.9. The minimum atomic E-state index is 0.822. The number of rotatable bonds is 4. The number of benzene rings is 1. The zero-order valence-electron chi connectivity index (χ0n) is 10.5. The van der Waals surface area contributed by atoms with Crippen LogP contribution in [-0.2, 0) is 6.54 Å². The van der Waals surface area contributed by atoms with E-state index in [0.29, 0.717) is 0 Å². The third-order valence-electron chi connectivity index (χ3n) is 3.68. The predicted octanol–water partition coefficient (Wildman–Crippen LogP) is 3.66. The molecule has 0 unspecified atom stereocenters. The molecular weight excluding hydrogens is 312 g/mol. The summed E-state index contributed by atoms with van der Waals surface area (Å²) in [6.45, 7) is 4.09. The Hall–Kier alpha value is -0.0900. The number of hydrogen-bond acceptors (Lipinski definition) is 2. The van der Waals surface area contributed by atoms with Gasteiger partial charge < -0.3 is 5.73 Å². The molecule has 0 spiro atoms. The van der Waals surface area contributed by atoms with Gasteiger partial charge in [-0.1, -0.05) is 27.5 Å². The molecule has 1 heterocycles. The van der Waals surface area contributed by atoms with E-state index in [1.54, 1.807) is 0 Å². The van der Waals surface area contributed by atoms with E-state index in [9.17, 15) is 0 Å². The number of nitrogens with two attached hydrogens (primary N) is 1. The second-order valence-electron chi connectivity index (χ2n) is 5.03. The zero-order chi connectivity index (χ0) is 13.0. The molecule has 1 fully saturated rings. The van der Waals surface area contributed by atoms with E-state index in [1.807, 2.05) is 12.1 Å². The summed E-state index contributed by atoms with van der Waals surface area (Å²) >= 11 is 9.73. The molecule has 4 heteroatoms. The molecule has 1 aliphatic heterocycles. The quantitative estimate of drug-likeness (QED) is 0.912. The maximum absolute atomic E-state index is 6.23. The van der Waals surface area contributed by atoms with Gasteiger partial charge in [0.1, 0.15) is 0 Å². The van der Waals surface area contributed by atoms with Crippen molar-refractivity contribution in [2.75, 3.05) is 19.6 Å². The maximum atomic E-state index is 6.23. The number of nitrogens with zero attached hydrogens (tertiary/aromatic N) is 1. The topological polar surface area (TPSA) is 29.3 Å². The number of halogens is 2. The Kier molecular flexibility index (Phi) is 5.49. The molecule has 1 aromatic carbocycles. The van der Waals surface area contributed by atoms with Crippen molar-refractivity contribution in [3.63, 3.8) is 0 Å². The lowest BCUT2D eigenvalue weighted by Gasteiger charge is -2.32. The highest BCUT2D eigenvalue weighted by Crippen LogP contribution is 2.25. The van der Waals surface area contributed by atoms with Crippen molar-refractivity contribution in [3.05, 3.63) is 33.3 Å². The number of hydrogen-bond donors (Lipinski definition) is 1. The Bertz CT molecular complexity index is 389. The van der Waals surface area contributed by atoms with Crippen LogP contribution in [-0.4, -0.2) is 24.5 Å². The predicted molar refractivity (Wildman–Crippen MR) is 80.8 cm³/mol. The van der Waals surface area contributed by atoms with Crippen LogP contribution in [0.5, 0.6) is 0 Å². The summed E-state index contributed by atoms with van der Waals surface area (Å²) in [6, 6.07) is 6.07. The largest absolute Gasteiger partial charge is 0.330 e. The van der Waals surface area contributed by atoms with E-state index in [4.69, 9.17) is 17.3 Å². The van der Waals surface area contributed by atoms with Crippen LogP contribution in [0, 0.1) is 5.92 Å². The third kappa shape index (κ3) is 3.95. The van der Waals surface area contributed by atoms with Crippen molar-refractivity contribution in [2.24, 2.45) is 11.7 Å². The minimum absolute atomic E-state index is 0.822.